The second-order valence-corrected chi connectivity index (χ2v) is 5.00. The van der Waals surface area contributed by atoms with E-state index in [2.05, 4.69) is 31.1 Å². The van der Waals surface area contributed by atoms with Gasteiger partial charge in [0.25, 0.3) is 0 Å². The fourth-order valence-electron chi connectivity index (χ4n) is 2.11. The monoisotopic (exact) mass is 326 g/mol. The number of aromatic nitrogens is 4. The van der Waals surface area contributed by atoms with Gasteiger partial charge in [-0.2, -0.15) is 0 Å². The number of fused-ring (bicyclic) bond motifs is 1. The van der Waals surface area contributed by atoms with E-state index in [0.29, 0.717) is 31.8 Å². The molecule has 1 aliphatic rings. The summed E-state index contributed by atoms with van der Waals surface area (Å²) in [6, 6.07) is 0. The molecule has 100 valence electrons. The molecule has 2 aromatic rings. The highest BCUT2D eigenvalue weighted by atomic mass is 79.9. The van der Waals surface area contributed by atoms with Crippen molar-refractivity contribution in [3.05, 3.63) is 17.1 Å². The number of carboxylic acid groups (broad SMARTS) is 1. The summed E-state index contributed by atoms with van der Waals surface area (Å²) in [7, 11) is 0. The smallest absolute Gasteiger partial charge is 0.407 e. The molecule has 0 bridgehead atoms. The van der Waals surface area contributed by atoms with Gasteiger partial charge in [-0.05, 0) is 15.9 Å². The van der Waals surface area contributed by atoms with Crippen molar-refractivity contribution in [2.75, 3.05) is 31.1 Å². The number of halogens is 1. The minimum absolute atomic E-state index is 0.466. The summed E-state index contributed by atoms with van der Waals surface area (Å²) in [5.74, 6) is 0.728. The predicted molar refractivity (Wildman–Crippen MR) is 70.3 cm³/mol. The molecule has 1 fully saturated rings. The maximum atomic E-state index is 10.9. The van der Waals surface area contributed by atoms with Gasteiger partial charge >= 0.3 is 6.09 Å². The average molecular weight is 327 g/mol. The molecule has 19 heavy (non-hydrogen) atoms. The molecule has 0 aromatic carbocycles. The van der Waals surface area contributed by atoms with Crippen LogP contribution in [0, 0.1) is 0 Å². The molecule has 0 unspecified atom stereocenters. The van der Waals surface area contributed by atoms with Gasteiger partial charge in [-0.1, -0.05) is 0 Å². The van der Waals surface area contributed by atoms with Gasteiger partial charge in [-0.25, -0.2) is 9.78 Å². The Hall–Kier alpha value is -1.90. The molecule has 0 saturated carbocycles. The van der Waals surface area contributed by atoms with Crippen LogP contribution in [0.4, 0.5) is 10.6 Å². The van der Waals surface area contributed by atoms with Crippen molar-refractivity contribution in [2.24, 2.45) is 0 Å². The van der Waals surface area contributed by atoms with Crippen LogP contribution in [0.5, 0.6) is 0 Å². The van der Waals surface area contributed by atoms with E-state index in [1.165, 1.54) is 4.90 Å². The van der Waals surface area contributed by atoms with Crippen LogP contribution in [0.2, 0.25) is 0 Å². The lowest BCUT2D eigenvalue weighted by molar-refractivity contribution is 0.142. The van der Waals surface area contributed by atoms with Gasteiger partial charge in [-0.3, -0.25) is 4.40 Å². The summed E-state index contributed by atoms with van der Waals surface area (Å²) >= 11 is 3.38. The van der Waals surface area contributed by atoms with Crippen molar-refractivity contribution in [2.45, 2.75) is 0 Å². The molecular weight excluding hydrogens is 316 g/mol. The second-order valence-electron chi connectivity index (χ2n) is 4.19. The van der Waals surface area contributed by atoms with Crippen molar-refractivity contribution < 1.29 is 9.90 Å². The van der Waals surface area contributed by atoms with Crippen LogP contribution in [0.25, 0.3) is 5.65 Å². The fourth-order valence-corrected chi connectivity index (χ4v) is 2.47. The van der Waals surface area contributed by atoms with E-state index in [4.69, 9.17) is 5.11 Å². The molecule has 1 N–H and O–H groups in total. The number of hydrogen-bond donors (Lipinski definition) is 1. The van der Waals surface area contributed by atoms with Gasteiger partial charge in [0.1, 0.15) is 10.9 Å². The van der Waals surface area contributed by atoms with Gasteiger partial charge in [0.15, 0.2) is 5.82 Å². The van der Waals surface area contributed by atoms with Gasteiger partial charge in [0, 0.05) is 26.2 Å². The first-order valence-electron chi connectivity index (χ1n) is 5.74. The molecule has 3 rings (SSSR count). The summed E-state index contributed by atoms with van der Waals surface area (Å²) in [5.41, 5.74) is 0.665. The molecule has 2 aromatic heterocycles. The third-order valence-corrected chi connectivity index (χ3v) is 3.71. The second kappa shape index (κ2) is 4.65. The maximum Gasteiger partial charge on any atom is 0.407 e. The zero-order valence-electron chi connectivity index (χ0n) is 9.90. The minimum atomic E-state index is -0.879. The lowest BCUT2D eigenvalue weighted by atomic mass is 10.3. The normalized spacial score (nSPS) is 16.1. The highest BCUT2D eigenvalue weighted by Gasteiger charge is 2.23. The van der Waals surface area contributed by atoms with Crippen LogP contribution in [-0.4, -0.2) is 61.9 Å². The van der Waals surface area contributed by atoms with E-state index in [0.717, 1.165) is 10.4 Å². The topological polar surface area (TPSA) is 86.9 Å². The number of anilines is 1. The summed E-state index contributed by atoms with van der Waals surface area (Å²) in [6.07, 6.45) is 2.42. The molecule has 1 saturated heterocycles. The van der Waals surface area contributed by atoms with E-state index in [1.807, 2.05) is 4.90 Å². The fraction of sp³-hybridized carbons (Fsp3) is 0.400. The van der Waals surface area contributed by atoms with E-state index >= 15 is 0 Å². The van der Waals surface area contributed by atoms with Crippen LogP contribution in [0.15, 0.2) is 17.1 Å². The lowest BCUT2D eigenvalue weighted by Gasteiger charge is -2.33. The Morgan fingerprint density at radius 1 is 1.32 bits per heavy atom. The Bertz CT molecular complexity index is 622. The molecule has 0 aliphatic carbocycles. The standard InChI is InChI=1S/C10H11BrN6O2/c11-7-5-12-8(9-14-13-6-17(7)9)15-1-3-16(4-2-15)10(18)19/h5-6H,1-4H2,(H,18,19). The maximum absolute atomic E-state index is 10.9. The van der Waals surface area contributed by atoms with Gasteiger partial charge in [-0.15, -0.1) is 10.2 Å². The van der Waals surface area contributed by atoms with Crippen molar-refractivity contribution >= 4 is 33.5 Å². The van der Waals surface area contributed by atoms with Crippen molar-refractivity contribution in [3.63, 3.8) is 0 Å². The highest BCUT2D eigenvalue weighted by Crippen LogP contribution is 2.21. The Morgan fingerprint density at radius 3 is 2.74 bits per heavy atom. The van der Waals surface area contributed by atoms with Gasteiger partial charge in [0.05, 0.1) is 6.20 Å². The molecular formula is C10H11BrN6O2. The number of rotatable bonds is 1. The van der Waals surface area contributed by atoms with Gasteiger partial charge < -0.3 is 14.9 Å². The summed E-state index contributed by atoms with van der Waals surface area (Å²) in [5, 5.41) is 16.9. The Kier molecular flexibility index (Phi) is 2.97. The summed E-state index contributed by atoms with van der Waals surface area (Å²) in [4.78, 5) is 18.7. The minimum Gasteiger partial charge on any atom is -0.465 e. The number of nitrogens with zero attached hydrogens (tertiary/aromatic N) is 6. The quantitative estimate of drug-likeness (QED) is 0.829. The van der Waals surface area contributed by atoms with Crippen molar-refractivity contribution in [3.8, 4) is 0 Å². The van der Waals surface area contributed by atoms with Crippen LogP contribution >= 0.6 is 15.9 Å². The van der Waals surface area contributed by atoms with E-state index in [-0.39, 0.29) is 0 Å². The SMILES string of the molecule is O=C(O)N1CCN(c2ncc(Br)n3cnnc23)CC1. The molecule has 9 heteroatoms. The largest absolute Gasteiger partial charge is 0.465 e. The molecule has 8 nitrogen and oxygen atoms in total. The van der Waals surface area contributed by atoms with E-state index in [9.17, 15) is 4.79 Å². The van der Waals surface area contributed by atoms with Crippen molar-refractivity contribution in [1.82, 2.24) is 24.5 Å². The summed E-state index contributed by atoms with van der Waals surface area (Å²) < 4.78 is 2.58. The number of amides is 1. The zero-order chi connectivity index (χ0) is 13.4. The number of carbonyl (C=O) groups is 1. The number of piperazine rings is 1. The van der Waals surface area contributed by atoms with E-state index < -0.39 is 6.09 Å². The Morgan fingerprint density at radius 2 is 2.05 bits per heavy atom. The lowest BCUT2D eigenvalue weighted by Crippen LogP contribution is -2.48. The van der Waals surface area contributed by atoms with E-state index in [1.54, 1.807) is 16.9 Å². The predicted octanol–water partition coefficient (Wildman–Crippen LogP) is 0.687. The van der Waals surface area contributed by atoms with Crippen molar-refractivity contribution in [1.29, 1.82) is 0 Å². The third kappa shape index (κ3) is 2.09. The number of hydrogen-bond acceptors (Lipinski definition) is 5. The average Bonchev–Trinajstić information content (AvgIpc) is 2.89. The third-order valence-electron chi connectivity index (χ3n) is 3.12. The van der Waals surface area contributed by atoms with Gasteiger partial charge in [0.2, 0.25) is 5.65 Å². The Balaban J connectivity index is 1.88. The van der Waals surface area contributed by atoms with Crippen LogP contribution in [0.1, 0.15) is 0 Å². The molecule has 0 radical (unpaired) electrons. The first-order chi connectivity index (χ1) is 9.16. The van der Waals surface area contributed by atoms with Crippen LogP contribution < -0.4 is 4.90 Å². The molecule has 1 amide bonds. The molecule has 1 aliphatic heterocycles. The zero-order valence-corrected chi connectivity index (χ0v) is 11.5. The first kappa shape index (κ1) is 12.2. The Labute approximate surface area is 116 Å². The molecule has 0 spiro atoms. The highest BCUT2D eigenvalue weighted by molar-refractivity contribution is 9.10. The van der Waals surface area contributed by atoms with Crippen LogP contribution in [0.3, 0.4) is 0 Å². The molecule has 0 atom stereocenters. The summed E-state index contributed by atoms with van der Waals surface area (Å²) in [6.45, 7) is 2.13. The first-order valence-corrected chi connectivity index (χ1v) is 6.53. The van der Waals surface area contributed by atoms with Crippen LogP contribution in [-0.2, 0) is 0 Å². The molecule has 3 heterocycles.